The molecule has 32 heavy (non-hydrogen) atoms. The lowest BCUT2D eigenvalue weighted by molar-refractivity contribution is -0.136. The quantitative estimate of drug-likeness (QED) is 0.330. The average Bonchev–Trinajstić information content (AvgIpc) is 2.85. The van der Waals surface area contributed by atoms with Crippen LogP contribution >= 0.6 is 0 Å². The summed E-state index contributed by atoms with van der Waals surface area (Å²) in [5, 5.41) is 15.5. The number of carbonyl (C=O) groups is 1. The molecular weight excluding hydrogens is 400 g/mol. The molecule has 158 valence electrons. The molecule has 0 aliphatic heterocycles. The fourth-order valence-corrected chi connectivity index (χ4v) is 3.32. The van der Waals surface area contributed by atoms with Crippen molar-refractivity contribution in [3.63, 3.8) is 0 Å². The molecule has 0 heterocycles. The molecule has 1 amide bonds. The van der Waals surface area contributed by atoms with E-state index in [0.717, 1.165) is 11.3 Å². The van der Waals surface area contributed by atoms with Gasteiger partial charge in [0.1, 0.15) is 11.5 Å². The third kappa shape index (κ3) is 4.74. The Balaban J connectivity index is 1.52. The maximum Gasteiger partial charge on any atom is 0.281 e. The SMILES string of the molecule is O=C(NN=Cc1cccc(Oc2ccccc2)c1)C(O)(c1ccccc1)c1ccccc1. The van der Waals surface area contributed by atoms with E-state index in [9.17, 15) is 9.90 Å². The summed E-state index contributed by atoms with van der Waals surface area (Å²) in [6.45, 7) is 0. The normalized spacial score (nSPS) is 11.3. The minimum absolute atomic E-state index is 0.456. The predicted molar refractivity (Wildman–Crippen MR) is 125 cm³/mol. The average molecular weight is 422 g/mol. The van der Waals surface area contributed by atoms with Gasteiger partial charge in [-0.1, -0.05) is 91.0 Å². The molecule has 0 aliphatic rings. The van der Waals surface area contributed by atoms with Gasteiger partial charge in [-0.25, -0.2) is 5.43 Å². The van der Waals surface area contributed by atoms with Crippen LogP contribution in [0.4, 0.5) is 0 Å². The number of nitrogens with one attached hydrogen (secondary N) is 1. The summed E-state index contributed by atoms with van der Waals surface area (Å²) >= 11 is 0. The molecule has 0 spiro atoms. The fraction of sp³-hybridized carbons (Fsp3) is 0.0370. The fourth-order valence-electron chi connectivity index (χ4n) is 3.32. The van der Waals surface area contributed by atoms with E-state index < -0.39 is 11.5 Å². The highest BCUT2D eigenvalue weighted by Crippen LogP contribution is 2.30. The van der Waals surface area contributed by atoms with Crippen LogP contribution in [-0.4, -0.2) is 17.2 Å². The lowest BCUT2D eigenvalue weighted by Crippen LogP contribution is -2.43. The maximum atomic E-state index is 13.1. The number of rotatable bonds is 7. The highest BCUT2D eigenvalue weighted by Gasteiger charge is 2.39. The Bertz CT molecular complexity index is 1150. The summed E-state index contributed by atoms with van der Waals surface area (Å²) in [7, 11) is 0. The van der Waals surface area contributed by atoms with Crippen LogP contribution in [0.3, 0.4) is 0 Å². The topological polar surface area (TPSA) is 70.9 Å². The summed E-state index contributed by atoms with van der Waals surface area (Å²) in [6.07, 6.45) is 1.51. The summed E-state index contributed by atoms with van der Waals surface area (Å²) in [4.78, 5) is 13.1. The molecule has 0 unspecified atom stereocenters. The number of aliphatic hydroxyl groups is 1. The zero-order valence-corrected chi connectivity index (χ0v) is 17.3. The van der Waals surface area contributed by atoms with Gasteiger partial charge in [0.2, 0.25) is 0 Å². The first-order valence-electron chi connectivity index (χ1n) is 10.2. The number of benzene rings is 4. The molecular formula is C27H22N2O3. The van der Waals surface area contributed by atoms with Crippen molar-refractivity contribution in [2.24, 2.45) is 5.10 Å². The van der Waals surface area contributed by atoms with Crippen molar-refractivity contribution in [3.8, 4) is 11.5 Å². The molecule has 0 aliphatic carbocycles. The van der Waals surface area contributed by atoms with Crippen LogP contribution in [0.2, 0.25) is 0 Å². The van der Waals surface area contributed by atoms with Crippen molar-refractivity contribution in [2.75, 3.05) is 0 Å². The van der Waals surface area contributed by atoms with E-state index in [1.54, 1.807) is 48.5 Å². The zero-order chi connectivity index (χ0) is 22.2. The first-order chi connectivity index (χ1) is 15.7. The monoisotopic (exact) mass is 422 g/mol. The Morgan fingerprint density at radius 1 is 0.750 bits per heavy atom. The lowest BCUT2D eigenvalue weighted by atomic mass is 9.85. The number of hydrogen-bond donors (Lipinski definition) is 2. The molecule has 2 N–H and O–H groups in total. The van der Waals surface area contributed by atoms with Gasteiger partial charge in [0.05, 0.1) is 6.21 Å². The van der Waals surface area contributed by atoms with Crippen molar-refractivity contribution in [1.29, 1.82) is 0 Å². The van der Waals surface area contributed by atoms with Crippen LogP contribution in [0.25, 0.3) is 0 Å². The molecule has 5 heteroatoms. The van der Waals surface area contributed by atoms with Crippen molar-refractivity contribution < 1.29 is 14.6 Å². The summed E-state index contributed by atoms with van der Waals surface area (Å²) < 4.78 is 5.83. The van der Waals surface area contributed by atoms with Crippen molar-refractivity contribution in [1.82, 2.24) is 5.43 Å². The van der Waals surface area contributed by atoms with Crippen LogP contribution < -0.4 is 10.2 Å². The molecule has 0 saturated carbocycles. The molecule has 0 saturated heterocycles. The second-order valence-electron chi connectivity index (χ2n) is 7.13. The largest absolute Gasteiger partial charge is 0.457 e. The molecule has 4 aromatic carbocycles. The van der Waals surface area contributed by atoms with Gasteiger partial charge < -0.3 is 9.84 Å². The molecule has 0 atom stereocenters. The van der Waals surface area contributed by atoms with E-state index >= 15 is 0 Å². The van der Waals surface area contributed by atoms with Gasteiger partial charge in [-0.3, -0.25) is 4.79 Å². The standard InChI is InChI=1S/C27H22N2O3/c30-26(27(31,22-12-4-1-5-13-22)23-14-6-2-7-15-23)29-28-20-21-11-10-18-25(19-21)32-24-16-8-3-9-17-24/h1-20,31H,(H,29,30). The minimum atomic E-state index is -1.88. The number of hydrogen-bond acceptors (Lipinski definition) is 4. The van der Waals surface area contributed by atoms with Crippen molar-refractivity contribution in [3.05, 3.63) is 132 Å². The second kappa shape index (κ2) is 9.73. The van der Waals surface area contributed by atoms with E-state index in [0.29, 0.717) is 16.9 Å². The number of nitrogens with zero attached hydrogens (tertiary/aromatic N) is 1. The predicted octanol–water partition coefficient (Wildman–Crippen LogP) is 4.87. The van der Waals surface area contributed by atoms with Crippen LogP contribution in [0.15, 0.2) is 120 Å². The Morgan fingerprint density at radius 3 is 1.88 bits per heavy atom. The van der Waals surface area contributed by atoms with Gasteiger partial charge in [0.15, 0.2) is 5.60 Å². The highest BCUT2D eigenvalue weighted by atomic mass is 16.5. The number of carbonyl (C=O) groups excluding carboxylic acids is 1. The van der Waals surface area contributed by atoms with Gasteiger partial charge in [-0.05, 0) is 41.0 Å². The van der Waals surface area contributed by atoms with E-state index in [1.165, 1.54) is 6.21 Å². The van der Waals surface area contributed by atoms with Gasteiger partial charge in [-0.15, -0.1) is 0 Å². The molecule has 4 aromatic rings. The van der Waals surface area contributed by atoms with Crippen LogP contribution in [-0.2, 0) is 10.4 Å². The highest BCUT2D eigenvalue weighted by molar-refractivity contribution is 5.91. The Kier molecular flexibility index (Phi) is 6.39. The number of para-hydroxylation sites is 1. The smallest absolute Gasteiger partial charge is 0.281 e. The van der Waals surface area contributed by atoms with Crippen molar-refractivity contribution >= 4 is 12.1 Å². The summed E-state index contributed by atoms with van der Waals surface area (Å²) in [5.41, 5.74) is 2.25. The molecule has 0 bridgehead atoms. The van der Waals surface area contributed by atoms with Gasteiger partial charge in [0.25, 0.3) is 5.91 Å². The summed E-state index contributed by atoms with van der Waals surface area (Å²) in [6, 6.07) is 34.4. The molecule has 0 radical (unpaired) electrons. The van der Waals surface area contributed by atoms with E-state index in [1.807, 2.05) is 66.7 Å². The Labute approximate surface area is 186 Å². The third-order valence-corrected chi connectivity index (χ3v) is 4.93. The first-order valence-corrected chi connectivity index (χ1v) is 10.2. The van der Waals surface area contributed by atoms with Gasteiger partial charge in [-0.2, -0.15) is 5.10 Å². The lowest BCUT2D eigenvalue weighted by Gasteiger charge is -2.27. The van der Waals surface area contributed by atoms with Crippen LogP contribution in [0.1, 0.15) is 16.7 Å². The first kappa shape index (κ1) is 21.0. The van der Waals surface area contributed by atoms with E-state index in [4.69, 9.17) is 4.74 Å². The molecule has 0 aromatic heterocycles. The number of ether oxygens (including phenoxy) is 1. The van der Waals surface area contributed by atoms with Crippen LogP contribution in [0, 0.1) is 0 Å². The van der Waals surface area contributed by atoms with Crippen molar-refractivity contribution in [2.45, 2.75) is 5.60 Å². The molecule has 4 rings (SSSR count). The number of amides is 1. The summed E-state index contributed by atoms with van der Waals surface area (Å²) in [5.74, 6) is 0.727. The minimum Gasteiger partial charge on any atom is -0.457 e. The Morgan fingerprint density at radius 2 is 1.28 bits per heavy atom. The maximum absolute atomic E-state index is 13.1. The van der Waals surface area contributed by atoms with E-state index in [2.05, 4.69) is 10.5 Å². The van der Waals surface area contributed by atoms with Crippen LogP contribution in [0.5, 0.6) is 11.5 Å². The molecule has 0 fully saturated rings. The second-order valence-corrected chi connectivity index (χ2v) is 7.13. The third-order valence-electron chi connectivity index (χ3n) is 4.93. The number of hydrazone groups is 1. The molecule has 5 nitrogen and oxygen atoms in total. The van der Waals surface area contributed by atoms with E-state index in [-0.39, 0.29) is 0 Å². The van der Waals surface area contributed by atoms with Gasteiger partial charge in [0, 0.05) is 0 Å². The zero-order valence-electron chi connectivity index (χ0n) is 17.3. The van der Waals surface area contributed by atoms with Gasteiger partial charge >= 0.3 is 0 Å². The Hall–Kier alpha value is -4.22.